The SMILES string of the molecule is CC1(C)COc2cnn(C3(C(=O)Nc4ccc(Cl)cc4OC(F)F)CCN(C4CC(C(=O)O)C4)CC3)c21. The maximum Gasteiger partial charge on any atom is 0.387 e. The highest BCUT2D eigenvalue weighted by atomic mass is 35.5. The fraction of sp³-hybridized carbons (Fsp3) is 0.560. The fourth-order valence-electron chi connectivity index (χ4n) is 5.62. The van der Waals surface area contributed by atoms with Crippen LogP contribution in [0.3, 0.4) is 0 Å². The fourth-order valence-corrected chi connectivity index (χ4v) is 5.79. The van der Waals surface area contributed by atoms with Crippen LogP contribution in [0.2, 0.25) is 5.02 Å². The van der Waals surface area contributed by atoms with E-state index in [0.717, 1.165) is 5.69 Å². The van der Waals surface area contributed by atoms with Crippen LogP contribution in [0.25, 0.3) is 0 Å². The lowest BCUT2D eigenvalue weighted by Gasteiger charge is -2.48. The van der Waals surface area contributed by atoms with E-state index in [1.54, 1.807) is 10.9 Å². The smallest absolute Gasteiger partial charge is 0.387 e. The molecule has 1 aliphatic carbocycles. The summed E-state index contributed by atoms with van der Waals surface area (Å²) in [7, 11) is 0. The van der Waals surface area contributed by atoms with Gasteiger partial charge in [0.2, 0.25) is 0 Å². The molecule has 3 aliphatic rings. The van der Waals surface area contributed by atoms with E-state index in [2.05, 4.69) is 20.1 Å². The first-order valence-corrected chi connectivity index (χ1v) is 12.6. The summed E-state index contributed by atoms with van der Waals surface area (Å²) in [4.78, 5) is 27.5. The third kappa shape index (κ3) is 4.63. The van der Waals surface area contributed by atoms with Crippen molar-refractivity contribution in [2.75, 3.05) is 25.0 Å². The molecule has 1 amide bonds. The highest BCUT2D eigenvalue weighted by Crippen LogP contribution is 2.45. The minimum Gasteiger partial charge on any atom is -0.489 e. The predicted octanol–water partition coefficient (Wildman–Crippen LogP) is 4.10. The van der Waals surface area contributed by atoms with Crippen molar-refractivity contribution in [3.63, 3.8) is 0 Å². The van der Waals surface area contributed by atoms with E-state index in [0.29, 0.717) is 51.1 Å². The lowest BCUT2D eigenvalue weighted by molar-refractivity contribution is -0.147. The number of hydrogen-bond donors (Lipinski definition) is 2. The molecule has 12 heteroatoms. The number of piperidine rings is 1. The Labute approximate surface area is 217 Å². The summed E-state index contributed by atoms with van der Waals surface area (Å²) in [5.74, 6) is -1.12. The third-order valence-corrected chi connectivity index (χ3v) is 8.04. The van der Waals surface area contributed by atoms with Gasteiger partial charge in [-0.3, -0.25) is 9.59 Å². The van der Waals surface area contributed by atoms with Crippen molar-refractivity contribution >= 4 is 29.2 Å². The molecule has 0 unspecified atom stereocenters. The largest absolute Gasteiger partial charge is 0.489 e. The molecule has 9 nitrogen and oxygen atoms in total. The predicted molar refractivity (Wildman–Crippen MR) is 130 cm³/mol. The maximum atomic E-state index is 14.0. The van der Waals surface area contributed by atoms with Gasteiger partial charge in [0.15, 0.2) is 11.5 Å². The molecule has 0 spiro atoms. The number of anilines is 1. The van der Waals surface area contributed by atoms with Gasteiger partial charge in [0.05, 0.1) is 30.1 Å². The van der Waals surface area contributed by atoms with Gasteiger partial charge in [-0.1, -0.05) is 25.4 Å². The van der Waals surface area contributed by atoms with E-state index in [1.165, 1.54) is 18.2 Å². The van der Waals surface area contributed by atoms with Crippen LogP contribution in [0.15, 0.2) is 24.4 Å². The number of carbonyl (C=O) groups excluding carboxylic acids is 1. The van der Waals surface area contributed by atoms with Gasteiger partial charge in [0, 0.05) is 35.6 Å². The zero-order chi connectivity index (χ0) is 26.5. The lowest BCUT2D eigenvalue weighted by atomic mass is 9.77. The number of nitrogens with one attached hydrogen (secondary N) is 1. The molecule has 37 heavy (non-hydrogen) atoms. The quantitative estimate of drug-likeness (QED) is 0.546. The molecule has 2 N–H and O–H groups in total. The number of hydrogen-bond acceptors (Lipinski definition) is 6. The monoisotopic (exact) mass is 538 g/mol. The first-order chi connectivity index (χ1) is 17.5. The van der Waals surface area contributed by atoms with E-state index in [4.69, 9.17) is 16.3 Å². The van der Waals surface area contributed by atoms with Crippen LogP contribution in [0.4, 0.5) is 14.5 Å². The molecule has 2 aliphatic heterocycles. The number of aromatic nitrogens is 2. The normalized spacial score (nSPS) is 24.2. The van der Waals surface area contributed by atoms with E-state index in [-0.39, 0.29) is 33.8 Å². The summed E-state index contributed by atoms with van der Waals surface area (Å²) in [6, 6.07) is 4.31. The van der Waals surface area contributed by atoms with E-state index < -0.39 is 24.0 Å². The molecule has 0 atom stereocenters. The van der Waals surface area contributed by atoms with E-state index in [9.17, 15) is 23.5 Å². The number of amides is 1. The van der Waals surface area contributed by atoms with Gasteiger partial charge in [0.1, 0.15) is 5.54 Å². The number of carbonyl (C=O) groups is 2. The zero-order valence-electron chi connectivity index (χ0n) is 20.5. The first kappa shape index (κ1) is 25.7. The second kappa shape index (κ2) is 9.43. The lowest BCUT2D eigenvalue weighted by Crippen LogP contribution is -2.58. The van der Waals surface area contributed by atoms with Gasteiger partial charge in [0.25, 0.3) is 5.91 Å². The second-order valence-electron chi connectivity index (χ2n) is 10.6. The Bertz CT molecular complexity index is 1210. The van der Waals surface area contributed by atoms with Gasteiger partial charge in [-0.25, -0.2) is 4.68 Å². The Morgan fingerprint density at radius 1 is 1.27 bits per heavy atom. The molecule has 1 aromatic carbocycles. The molecule has 200 valence electrons. The van der Waals surface area contributed by atoms with Crippen molar-refractivity contribution in [3.8, 4) is 11.5 Å². The average Bonchev–Trinajstić information content (AvgIpc) is 3.36. The highest BCUT2D eigenvalue weighted by Gasteiger charge is 2.51. The first-order valence-electron chi connectivity index (χ1n) is 12.2. The number of likely N-dealkylation sites (tertiary alicyclic amines) is 1. The number of halogens is 3. The Morgan fingerprint density at radius 2 is 1.97 bits per heavy atom. The number of aliphatic carboxylic acids is 1. The minimum atomic E-state index is -3.09. The molecule has 0 bridgehead atoms. The number of ether oxygens (including phenoxy) is 2. The van der Waals surface area contributed by atoms with Crippen molar-refractivity contribution in [1.29, 1.82) is 0 Å². The van der Waals surface area contributed by atoms with Crippen LogP contribution in [-0.4, -0.2) is 64.0 Å². The summed E-state index contributed by atoms with van der Waals surface area (Å²) < 4.78 is 38.3. The maximum absolute atomic E-state index is 14.0. The van der Waals surface area contributed by atoms with Crippen LogP contribution >= 0.6 is 11.6 Å². The number of fused-ring (bicyclic) bond motifs is 1. The Kier molecular flexibility index (Phi) is 6.56. The van der Waals surface area contributed by atoms with Crippen molar-refractivity contribution < 1.29 is 33.0 Å². The Morgan fingerprint density at radius 3 is 2.62 bits per heavy atom. The summed E-state index contributed by atoms with van der Waals surface area (Å²) in [5.41, 5.74) is -0.611. The number of benzene rings is 1. The topological polar surface area (TPSA) is 106 Å². The molecule has 0 radical (unpaired) electrons. The zero-order valence-corrected chi connectivity index (χ0v) is 21.3. The molecule has 2 aromatic rings. The summed E-state index contributed by atoms with van der Waals surface area (Å²) in [6.45, 7) is 2.52. The summed E-state index contributed by atoms with van der Waals surface area (Å²) in [5, 5.41) is 16.8. The molecule has 1 saturated carbocycles. The van der Waals surface area contributed by atoms with Crippen LogP contribution in [-0.2, 0) is 20.5 Å². The number of carboxylic acid groups (broad SMARTS) is 1. The average molecular weight is 539 g/mol. The highest BCUT2D eigenvalue weighted by molar-refractivity contribution is 6.30. The van der Waals surface area contributed by atoms with Crippen molar-refractivity contribution in [2.24, 2.45) is 5.92 Å². The second-order valence-corrected chi connectivity index (χ2v) is 11.1. The Balaban J connectivity index is 1.45. The van der Waals surface area contributed by atoms with Crippen LogP contribution < -0.4 is 14.8 Å². The Hall–Kier alpha value is -2.92. The molecular formula is C25H29ClF2N4O5. The van der Waals surface area contributed by atoms with E-state index >= 15 is 0 Å². The van der Waals surface area contributed by atoms with Crippen LogP contribution in [0.5, 0.6) is 11.5 Å². The van der Waals surface area contributed by atoms with Crippen molar-refractivity contribution in [1.82, 2.24) is 14.7 Å². The van der Waals surface area contributed by atoms with Gasteiger partial charge in [-0.05, 0) is 37.8 Å². The number of carboxylic acids is 1. The van der Waals surface area contributed by atoms with Crippen LogP contribution in [0, 0.1) is 5.92 Å². The van der Waals surface area contributed by atoms with Crippen molar-refractivity contribution in [2.45, 2.75) is 63.1 Å². The van der Waals surface area contributed by atoms with Gasteiger partial charge >= 0.3 is 12.6 Å². The standard InChI is InChI=1S/C25H29ClF2N4O5/c1-24(2)13-36-19-12-29-32(20(19)24)25(5-7-31(8-6-25)16-9-14(10-16)21(33)34)22(35)30-17-4-3-15(26)11-18(17)37-23(27)28/h3-4,11-12,14,16,23H,5-10,13H2,1-2H3,(H,30,35)(H,33,34). The van der Waals surface area contributed by atoms with Crippen LogP contribution in [0.1, 0.15) is 45.2 Å². The molecule has 1 aromatic heterocycles. The molecular weight excluding hydrogens is 510 g/mol. The summed E-state index contributed by atoms with van der Waals surface area (Å²) >= 11 is 5.98. The van der Waals surface area contributed by atoms with E-state index in [1.807, 2.05) is 13.8 Å². The number of rotatable bonds is 7. The molecule has 5 rings (SSSR count). The number of alkyl halides is 2. The summed E-state index contributed by atoms with van der Waals surface area (Å²) in [6.07, 6.45) is 3.59. The van der Waals surface area contributed by atoms with Gasteiger partial charge in [-0.2, -0.15) is 13.9 Å². The molecule has 2 fully saturated rings. The van der Waals surface area contributed by atoms with Gasteiger partial charge < -0.3 is 24.8 Å². The molecule has 1 saturated heterocycles. The number of nitrogens with zero attached hydrogens (tertiary/aromatic N) is 3. The molecule has 3 heterocycles. The minimum absolute atomic E-state index is 0.0825. The third-order valence-electron chi connectivity index (χ3n) is 7.81. The van der Waals surface area contributed by atoms with Gasteiger partial charge in [-0.15, -0.1) is 0 Å². The van der Waals surface area contributed by atoms with Crippen molar-refractivity contribution in [3.05, 3.63) is 35.1 Å².